The van der Waals surface area contributed by atoms with E-state index in [1.807, 2.05) is 52.5 Å². The first-order chi connectivity index (χ1) is 14.9. The normalized spacial score (nSPS) is 11.3. The van der Waals surface area contributed by atoms with Crippen LogP contribution in [0.25, 0.3) is 0 Å². The minimum atomic E-state index is -0.773. The molecule has 5 nitrogen and oxygen atoms in total. The summed E-state index contributed by atoms with van der Waals surface area (Å²) in [5, 5.41) is 9.02. The SMILES string of the molecule is COC(c1ccc(OCCO)cc1)(c1ccc(N(C)C)cc1)c1ccc(N(C)C)cc1. The summed E-state index contributed by atoms with van der Waals surface area (Å²) in [6.07, 6.45) is 0. The maximum Gasteiger partial charge on any atom is 0.143 e. The first kappa shape index (κ1) is 22.7. The molecule has 31 heavy (non-hydrogen) atoms. The zero-order valence-electron chi connectivity index (χ0n) is 19.0. The van der Waals surface area contributed by atoms with Crippen LogP contribution in [0.5, 0.6) is 5.75 Å². The lowest BCUT2D eigenvalue weighted by Crippen LogP contribution is -2.31. The van der Waals surface area contributed by atoms with Crippen LogP contribution in [-0.2, 0) is 10.3 Å². The van der Waals surface area contributed by atoms with Gasteiger partial charge < -0.3 is 24.4 Å². The molecule has 0 spiro atoms. The molecule has 164 valence electrons. The number of anilines is 2. The predicted octanol–water partition coefficient (Wildman–Crippen LogP) is 4.13. The number of aliphatic hydroxyl groups is 1. The molecule has 0 fully saturated rings. The minimum absolute atomic E-state index is 0.0137. The average molecular weight is 421 g/mol. The summed E-state index contributed by atoms with van der Waals surface area (Å²) in [5.41, 5.74) is 4.57. The first-order valence-electron chi connectivity index (χ1n) is 10.4. The Morgan fingerprint density at radius 3 is 1.39 bits per heavy atom. The molecule has 3 aromatic rings. The molecule has 5 heteroatoms. The Kier molecular flexibility index (Phi) is 7.21. The van der Waals surface area contributed by atoms with Crippen molar-refractivity contribution < 1.29 is 14.6 Å². The van der Waals surface area contributed by atoms with Crippen LogP contribution >= 0.6 is 0 Å². The van der Waals surface area contributed by atoms with Gasteiger partial charge in [0.1, 0.15) is 18.0 Å². The molecule has 0 saturated carbocycles. The van der Waals surface area contributed by atoms with Gasteiger partial charge in [-0.1, -0.05) is 36.4 Å². The summed E-state index contributed by atoms with van der Waals surface area (Å²) in [5.74, 6) is 0.716. The Labute approximate surface area is 185 Å². The molecule has 0 unspecified atom stereocenters. The molecule has 3 rings (SSSR count). The summed E-state index contributed by atoms with van der Waals surface area (Å²) >= 11 is 0. The van der Waals surface area contributed by atoms with Gasteiger partial charge in [-0.05, 0) is 53.1 Å². The maximum absolute atomic E-state index is 9.02. The quantitative estimate of drug-likeness (QED) is 0.528. The van der Waals surface area contributed by atoms with Crippen molar-refractivity contribution >= 4 is 11.4 Å². The Balaban J connectivity index is 2.14. The highest BCUT2D eigenvalue weighted by Crippen LogP contribution is 2.41. The number of ether oxygens (including phenoxy) is 2. The standard InChI is InChI=1S/C26H32N2O3/c1-27(2)23-12-6-20(7-13-23)26(30-5,21-8-14-24(15-9-21)28(3)4)22-10-16-25(17-11-22)31-19-18-29/h6-17,29H,18-19H2,1-5H3. The van der Waals surface area contributed by atoms with Crippen LogP contribution in [-0.4, -0.2) is 53.6 Å². The molecule has 0 aliphatic rings. The Morgan fingerprint density at radius 1 is 0.677 bits per heavy atom. The highest BCUT2D eigenvalue weighted by molar-refractivity contribution is 5.56. The van der Waals surface area contributed by atoms with Crippen LogP contribution in [0.3, 0.4) is 0 Å². The van der Waals surface area contributed by atoms with Gasteiger partial charge in [-0.25, -0.2) is 0 Å². The minimum Gasteiger partial charge on any atom is -0.491 e. The molecule has 0 atom stereocenters. The van der Waals surface area contributed by atoms with E-state index in [1.165, 1.54) is 0 Å². The maximum atomic E-state index is 9.02. The molecule has 0 saturated heterocycles. The van der Waals surface area contributed by atoms with Gasteiger partial charge in [0.2, 0.25) is 0 Å². The third-order valence-electron chi connectivity index (χ3n) is 5.51. The number of nitrogens with zero attached hydrogens (tertiary/aromatic N) is 2. The molecule has 1 N–H and O–H groups in total. The molecule has 3 aromatic carbocycles. The highest BCUT2D eigenvalue weighted by atomic mass is 16.5. The van der Waals surface area contributed by atoms with E-state index < -0.39 is 5.60 Å². The van der Waals surface area contributed by atoms with Crippen LogP contribution in [0.4, 0.5) is 11.4 Å². The number of aliphatic hydroxyl groups excluding tert-OH is 1. The third kappa shape index (κ3) is 4.68. The van der Waals surface area contributed by atoms with Gasteiger partial charge in [0.05, 0.1) is 6.61 Å². The van der Waals surface area contributed by atoms with Gasteiger partial charge in [0.15, 0.2) is 0 Å². The summed E-state index contributed by atoms with van der Waals surface area (Å²) in [6, 6.07) is 24.8. The number of benzene rings is 3. The molecular formula is C26H32N2O3. The number of hydrogen-bond donors (Lipinski definition) is 1. The molecule has 0 aliphatic carbocycles. The van der Waals surface area contributed by atoms with E-state index in [-0.39, 0.29) is 13.2 Å². The number of methoxy groups -OCH3 is 1. The van der Waals surface area contributed by atoms with Crippen molar-refractivity contribution in [2.24, 2.45) is 0 Å². The van der Waals surface area contributed by atoms with Crippen molar-refractivity contribution in [2.75, 3.05) is 58.3 Å². The largest absolute Gasteiger partial charge is 0.491 e. The van der Waals surface area contributed by atoms with Gasteiger partial charge in [0, 0.05) is 46.7 Å². The molecule has 0 aromatic heterocycles. The van der Waals surface area contributed by atoms with Gasteiger partial charge >= 0.3 is 0 Å². The lowest BCUT2D eigenvalue weighted by Gasteiger charge is -2.35. The zero-order valence-corrected chi connectivity index (χ0v) is 19.0. The average Bonchev–Trinajstić information content (AvgIpc) is 2.80. The molecule has 0 radical (unpaired) electrons. The van der Waals surface area contributed by atoms with Crippen LogP contribution in [0.15, 0.2) is 72.8 Å². The van der Waals surface area contributed by atoms with Crippen molar-refractivity contribution in [3.63, 3.8) is 0 Å². The lowest BCUT2D eigenvalue weighted by atomic mass is 9.80. The summed E-state index contributed by atoms with van der Waals surface area (Å²) in [4.78, 5) is 4.16. The fourth-order valence-electron chi connectivity index (χ4n) is 3.79. The third-order valence-corrected chi connectivity index (χ3v) is 5.51. The van der Waals surface area contributed by atoms with Crippen LogP contribution in [0, 0.1) is 0 Å². The van der Waals surface area contributed by atoms with Gasteiger partial charge in [0.25, 0.3) is 0 Å². The Hall–Kier alpha value is -3.02. The second kappa shape index (κ2) is 9.86. The second-order valence-corrected chi connectivity index (χ2v) is 7.86. The van der Waals surface area contributed by atoms with Gasteiger partial charge in [-0.3, -0.25) is 0 Å². The van der Waals surface area contributed by atoms with Crippen molar-refractivity contribution in [3.05, 3.63) is 89.5 Å². The summed E-state index contributed by atoms with van der Waals surface area (Å²) in [6.45, 7) is 0.257. The van der Waals surface area contributed by atoms with Crippen LogP contribution in [0.2, 0.25) is 0 Å². The van der Waals surface area contributed by atoms with Gasteiger partial charge in [-0.15, -0.1) is 0 Å². The van der Waals surface area contributed by atoms with E-state index in [0.717, 1.165) is 28.1 Å². The van der Waals surface area contributed by atoms with E-state index in [0.29, 0.717) is 5.75 Å². The van der Waals surface area contributed by atoms with E-state index in [1.54, 1.807) is 7.11 Å². The topological polar surface area (TPSA) is 45.2 Å². The van der Waals surface area contributed by atoms with E-state index >= 15 is 0 Å². The molecular weight excluding hydrogens is 388 g/mol. The van der Waals surface area contributed by atoms with Crippen molar-refractivity contribution in [3.8, 4) is 5.75 Å². The van der Waals surface area contributed by atoms with E-state index in [4.69, 9.17) is 14.6 Å². The molecule has 0 heterocycles. The summed E-state index contributed by atoms with van der Waals surface area (Å²) in [7, 11) is 9.87. The highest BCUT2D eigenvalue weighted by Gasteiger charge is 2.36. The smallest absolute Gasteiger partial charge is 0.143 e. The Bertz CT molecular complexity index is 898. The van der Waals surface area contributed by atoms with Crippen LogP contribution in [0.1, 0.15) is 16.7 Å². The lowest BCUT2D eigenvalue weighted by molar-refractivity contribution is 0.0584. The zero-order chi connectivity index (χ0) is 22.4. The van der Waals surface area contributed by atoms with Crippen molar-refractivity contribution in [2.45, 2.75) is 5.60 Å². The molecule has 0 amide bonds. The molecule has 0 aliphatic heterocycles. The summed E-state index contributed by atoms with van der Waals surface area (Å²) < 4.78 is 11.9. The fraction of sp³-hybridized carbons (Fsp3) is 0.308. The predicted molar refractivity (Wildman–Crippen MR) is 127 cm³/mol. The van der Waals surface area contributed by atoms with Crippen molar-refractivity contribution in [1.29, 1.82) is 0 Å². The fourth-order valence-corrected chi connectivity index (χ4v) is 3.79. The molecule has 0 bridgehead atoms. The van der Waals surface area contributed by atoms with Crippen LogP contribution < -0.4 is 14.5 Å². The first-order valence-corrected chi connectivity index (χ1v) is 10.4. The van der Waals surface area contributed by atoms with E-state index in [9.17, 15) is 0 Å². The second-order valence-electron chi connectivity index (χ2n) is 7.86. The number of rotatable bonds is 9. The van der Waals surface area contributed by atoms with Gasteiger partial charge in [-0.2, -0.15) is 0 Å². The number of hydrogen-bond acceptors (Lipinski definition) is 5. The Morgan fingerprint density at radius 2 is 1.06 bits per heavy atom. The van der Waals surface area contributed by atoms with Crippen molar-refractivity contribution in [1.82, 2.24) is 0 Å². The van der Waals surface area contributed by atoms with E-state index in [2.05, 4.69) is 58.3 Å². The monoisotopic (exact) mass is 420 g/mol.